The molecule has 3 aromatic heterocycles. The van der Waals surface area contributed by atoms with Gasteiger partial charge in [0, 0.05) is 24.8 Å². The number of fused-ring (bicyclic) bond motifs is 1. The first-order valence-corrected chi connectivity index (χ1v) is 7.93. The molecule has 9 heteroatoms. The zero-order valence-corrected chi connectivity index (χ0v) is 13.6. The molecule has 24 heavy (non-hydrogen) atoms. The Labute approximate surface area is 138 Å². The summed E-state index contributed by atoms with van der Waals surface area (Å²) in [5.74, 6) is 2.07. The van der Waals surface area contributed by atoms with Crippen LogP contribution in [0.2, 0.25) is 0 Å². The highest BCUT2D eigenvalue weighted by Crippen LogP contribution is 2.24. The Bertz CT molecular complexity index is 859. The lowest BCUT2D eigenvalue weighted by molar-refractivity contribution is 0.0737. The summed E-state index contributed by atoms with van der Waals surface area (Å²) in [6.45, 7) is 5.72. The number of aromatic nitrogens is 6. The maximum Gasteiger partial charge on any atom is 0.254 e. The van der Waals surface area contributed by atoms with Gasteiger partial charge in [0.25, 0.3) is 5.78 Å². The second-order valence-electron chi connectivity index (χ2n) is 5.89. The second-order valence-corrected chi connectivity index (χ2v) is 5.89. The van der Waals surface area contributed by atoms with Gasteiger partial charge in [0.1, 0.15) is 24.4 Å². The van der Waals surface area contributed by atoms with Gasteiger partial charge in [-0.05, 0) is 13.8 Å². The van der Waals surface area contributed by atoms with E-state index in [2.05, 4.69) is 20.2 Å². The summed E-state index contributed by atoms with van der Waals surface area (Å²) < 4.78 is 9.38. The van der Waals surface area contributed by atoms with Crippen molar-refractivity contribution in [3.05, 3.63) is 30.5 Å². The Kier molecular flexibility index (Phi) is 3.57. The van der Waals surface area contributed by atoms with Gasteiger partial charge in [-0.2, -0.15) is 19.7 Å². The molecule has 1 aliphatic rings. The number of aliphatic hydroxyl groups excluding tert-OH is 1. The van der Waals surface area contributed by atoms with Crippen LogP contribution in [-0.2, 0) is 6.54 Å². The van der Waals surface area contributed by atoms with Gasteiger partial charge in [-0.25, -0.2) is 4.98 Å². The van der Waals surface area contributed by atoms with Crippen molar-refractivity contribution in [3.8, 4) is 5.75 Å². The summed E-state index contributed by atoms with van der Waals surface area (Å²) in [6.07, 6.45) is 4.06. The number of rotatable bonds is 4. The van der Waals surface area contributed by atoms with Crippen molar-refractivity contribution in [2.45, 2.75) is 32.6 Å². The van der Waals surface area contributed by atoms with Crippen LogP contribution in [0.15, 0.2) is 24.8 Å². The van der Waals surface area contributed by atoms with Gasteiger partial charge in [-0.15, -0.1) is 0 Å². The predicted molar refractivity (Wildman–Crippen MR) is 86.1 cm³/mol. The number of anilines is 1. The Morgan fingerprint density at radius 2 is 2.21 bits per heavy atom. The van der Waals surface area contributed by atoms with E-state index >= 15 is 0 Å². The third-order valence-corrected chi connectivity index (χ3v) is 4.14. The van der Waals surface area contributed by atoms with Gasteiger partial charge in [0.05, 0.1) is 18.9 Å². The van der Waals surface area contributed by atoms with Crippen LogP contribution < -0.4 is 9.64 Å². The van der Waals surface area contributed by atoms with E-state index in [0.717, 1.165) is 18.1 Å². The molecule has 0 amide bonds. The van der Waals surface area contributed by atoms with Gasteiger partial charge < -0.3 is 14.7 Å². The van der Waals surface area contributed by atoms with E-state index in [1.807, 2.05) is 31.0 Å². The fourth-order valence-corrected chi connectivity index (χ4v) is 2.95. The van der Waals surface area contributed by atoms with Crippen LogP contribution in [0.1, 0.15) is 12.6 Å². The summed E-state index contributed by atoms with van der Waals surface area (Å²) in [7, 11) is 0. The number of ether oxygens (including phenoxy) is 1. The number of hydrogen-bond donors (Lipinski definition) is 1. The highest BCUT2D eigenvalue weighted by molar-refractivity contribution is 5.48. The number of aryl methyl sites for hydroxylation is 2. The Morgan fingerprint density at radius 1 is 1.33 bits per heavy atom. The lowest BCUT2D eigenvalue weighted by Gasteiger charge is -2.19. The van der Waals surface area contributed by atoms with Crippen LogP contribution >= 0.6 is 0 Å². The quantitative estimate of drug-likeness (QED) is 0.734. The molecule has 0 unspecified atom stereocenters. The smallest absolute Gasteiger partial charge is 0.254 e. The van der Waals surface area contributed by atoms with Crippen LogP contribution in [0.4, 0.5) is 5.82 Å². The highest BCUT2D eigenvalue weighted by atomic mass is 16.5. The molecule has 126 valence electrons. The van der Waals surface area contributed by atoms with Crippen LogP contribution in [0.25, 0.3) is 5.78 Å². The van der Waals surface area contributed by atoms with Gasteiger partial charge in [0.15, 0.2) is 5.75 Å². The van der Waals surface area contributed by atoms with E-state index in [-0.39, 0.29) is 6.10 Å². The number of aliphatic hydroxyl groups is 1. The first-order chi connectivity index (χ1) is 11.6. The Morgan fingerprint density at radius 3 is 3.00 bits per heavy atom. The first-order valence-electron chi connectivity index (χ1n) is 7.93. The van der Waals surface area contributed by atoms with Crippen molar-refractivity contribution < 1.29 is 9.84 Å². The average molecular weight is 329 g/mol. The third-order valence-electron chi connectivity index (χ3n) is 4.14. The fraction of sp³-hybridized carbons (Fsp3) is 0.467. The van der Waals surface area contributed by atoms with Crippen molar-refractivity contribution in [2.24, 2.45) is 0 Å². The van der Waals surface area contributed by atoms with Crippen LogP contribution in [0.3, 0.4) is 0 Å². The zero-order valence-electron chi connectivity index (χ0n) is 13.6. The molecular formula is C15H19N7O2. The van der Waals surface area contributed by atoms with E-state index in [4.69, 9.17) is 4.74 Å². The monoisotopic (exact) mass is 329 g/mol. The third kappa shape index (κ3) is 2.56. The normalized spacial score (nSPS) is 20.9. The van der Waals surface area contributed by atoms with Crippen molar-refractivity contribution in [2.75, 3.05) is 18.0 Å². The Hall–Kier alpha value is -2.68. The first kappa shape index (κ1) is 14.9. The Balaban J connectivity index is 1.56. The van der Waals surface area contributed by atoms with Gasteiger partial charge in [-0.3, -0.25) is 4.68 Å². The minimum absolute atomic E-state index is 0.327. The highest BCUT2D eigenvalue weighted by Gasteiger charge is 2.34. The largest absolute Gasteiger partial charge is 0.482 e. The van der Waals surface area contributed by atoms with Gasteiger partial charge in [0.2, 0.25) is 0 Å². The van der Waals surface area contributed by atoms with E-state index in [1.54, 1.807) is 15.4 Å². The molecule has 1 aliphatic heterocycles. The SMILES string of the molecule is CCn1cc(O[C@@H]2CN(c3cc(C)nc4ncnn34)C[C@H]2O)cn1. The molecule has 9 nitrogen and oxygen atoms in total. The van der Waals surface area contributed by atoms with E-state index in [9.17, 15) is 5.11 Å². The number of nitrogens with zero attached hydrogens (tertiary/aromatic N) is 7. The molecule has 0 radical (unpaired) electrons. The molecule has 1 saturated heterocycles. The molecule has 0 bridgehead atoms. The van der Waals surface area contributed by atoms with Gasteiger partial charge >= 0.3 is 0 Å². The minimum Gasteiger partial charge on any atom is -0.482 e. The summed E-state index contributed by atoms with van der Waals surface area (Å²) in [5.41, 5.74) is 0.855. The molecule has 0 aliphatic carbocycles. The standard InChI is InChI=1S/C15H19N7O2/c1-3-21-6-11(5-17-21)24-13-8-20(7-12(13)23)14-4-10(2)19-15-16-9-18-22(14)15/h4-6,9,12-13,23H,3,7-8H2,1-2H3/t12-,13-/m1/s1. The minimum atomic E-state index is -0.595. The van der Waals surface area contributed by atoms with Crippen LogP contribution in [-0.4, -0.2) is 59.8 Å². The number of β-amino-alcohol motifs (C(OH)–C–C–N with tert-alkyl or cyclic N) is 1. The molecular weight excluding hydrogens is 310 g/mol. The van der Waals surface area contributed by atoms with Crippen LogP contribution in [0.5, 0.6) is 5.75 Å². The molecule has 1 fully saturated rings. The summed E-state index contributed by atoms with van der Waals surface area (Å²) in [5, 5.41) is 18.8. The molecule has 1 N–H and O–H groups in total. The topological polar surface area (TPSA) is 93.6 Å². The molecule has 3 aromatic rings. The summed E-state index contributed by atoms with van der Waals surface area (Å²) >= 11 is 0. The molecule has 0 saturated carbocycles. The molecule has 2 atom stereocenters. The molecule has 0 spiro atoms. The van der Waals surface area contributed by atoms with Crippen LogP contribution in [0, 0.1) is 6.92 Å². The van der Waals surface area contributed by atoms with Crippen molar-refractivity contribution >= 4 is 11.6 Å². The second kappa shape index (κ2) is 5.75. The summed E-state index contributed by atoms with van der Waals surface area (Å²) in [6, 6.07) is 1.94. The zero-order chi connectivity index (χ0) is 16.7. The fourth-order valence-electron chi connectivity index (χ4n) is 2.95. The molecule has 4 heterocycles. The number of hydrogen-bond acceptors (Lipinski definition) is 7. The maximum absolute atomic E-state index is 10.4. The van der Waals surface area contributed by atoms with Gasteiger partial charge in [-0.1, -0.05) is 0 Å². The van der Waals surface area contributed by atoms with E-state index in [0.29, 0.717) is 24.6 Å². The van der Waals surface area contributed by atoms with Crippen molar-refractivity contribution in [3.63, 3.8) is 0 Å². The van der Waals surface area contributed by atoms with Crippen molar-refractivity contribution in [1.29, 1.82) is 0 Å². The maximum atomic E-state index is 10.4. The molecule has 4 rings (SSSR count). The summed E-state index contributed by atoms with van der Waals surface area (Å²) in [4.78, 5) is 10.5. The predicted octanol–water partition coefficient (Wildman–Crippen LogP) is 0.278. The lowest BCUT2D eigenvalue weighted by atomic mass is 10.3. The van der Waals surface area contributed by atoms with E-state index in [1.165, 1.54) is 6.33 Å². The van der Waals surface area contributed by atoms with E-state index < -0.39 is 6.10 Å². The lowest BCUT2D eigenvalue weighted by Crippen LogP contribution is -2.30. The average Bonchev–Trinajstić information content (AvgIpc) is 3.27. The van der Waals surface area contributed by atoms with Crippen molar-refractivity contribution in [1.82, 2.24) is 29.4 Å². The molecule has 0 aromatic carbocycles.